The summed E-state index contributed by atoms with van der Waals surface area (Å²) < 4.78 is 36.5. The van der Waals surface area contributed by atoms with Gasteiger partial charge in [0.1, 0.15) is 0 Å². The summed E-state index contributed by atoms with van der Waals surface area (Å²) in [5.74, 6) is 0.932. The Kier molecular flexibility index (Phi) is 4.68. The lowest BCUT2D eigenvalue weighted by molar-refractivity contribution is -0.206. The second-order valence-electron chi connectivity index (χ2n) is 3.36. The summed E-state index contributed by atoms with van der Waals surface area (Å²) in [5, 5.41) is 8.99. The van der Waals surface area contributed by atoms with Crippen molar-refractivity contribution in [1.82, 2.24) is 0 Å². The molecule has 0 bridgehead atoms. The molecule has 0 saturated heterocycles. The topological polar surface area (TPSA) is 20.2 Å². The predicted octanol–water partition coefficient (Wildman–Crippen LogP) is 3.78. The van der Waals surface area contributed by atoms with Crippen LogP contribution in [0.5, 0.6) is 0 Å². The number of alkyl halides is 3. The molecule has 0 saturated carbocycles. The van der Waals surface area contributed by atoms with E-state index in [1.807, 2.05) is 6.92 Å². The Morgan fingerprint density at radius 1 is 1.25 bits per heavy atom. The summed E-state index contributed by atoms with van der Waals surface area (Å²) in [6.07, 6.45) is -5.98. The molecular formula is C11H13F3OS. The molecule has 0 aliphatic carbocycles. The molecule has 1 N–H and O–H groups in total. The van der Waals surface area contributed by atoms with Gasteiger partial charge in [-0.2, -0.15) is 13.2 Å². The van der Waals surface area contributed by atoms with Crippen LogP contribution < -0.4 is 0 Å². The maximum Gasteiger partial charge on any atom is 0.418 e. The zero-order valence-electron chi connectivity index (χ0n) is 8.79. The fourth-order valence-corrected chi connectivity index (χ4v) is 1.92. The quantitative estimate of drug-likeness (QED) is 0.820. The molecule has 90 valence electrons. The molecule has 1 aromatic carbocycles. The minimum absolute atomic E-state index is 0.117. The van der Waals surface area contributed by atoms with Gasteiger partial charge in [0.2, 0.25) is 0 Å². The van der Waals surface area contributed by atoms with E-state index in [1.54, 1.807) is 23.9 Å². The lowest BCUT2D eigenvalue weighted by Gasteiger charge is -2.14. The van der Waals surface area contributed by atoms with Crippen LogP contribution >= 0.6 is 11.8 Å². The normalized spacial score (nSPS) is 13.8. The average Bonchev–Trinajstić information content (AvgIpc) is 2.25. The molecule has 1 rings (SSSR count). The fraction of sp³-hybridized carbons (Fsp3) is 0.455. The first kappa shape index (κ1) is 13.4. The summed E-state index contributed by atoms with van der Waals surface area (Å²) >= 11 is 1.59. The van der Waals surface area contributed by atoms with E-state index in [-0.39, 0.29) is 5.56 Å². The van der Waals surface area contributed by atoms with E-state index in [9.17, 15) is 13.2 Å². The molecular weight excluding hydrogens is 237 g/mol. The molecule has 0 radical (unpaired) electrons. The van der Waals surface area contributed by atoms with E-state index in [4.69, 9.17) is 5.11 Å². The zero-order chi connectivity index (χ0) is 12.2. The molecule has 1 nitrogen and oxygen atoms in total. The Bertz CT molecular complexity index is 321. The third kappa shape index (κ3) is 3.72. The first-order valence-corrected chi connectivity index (χ1v) is 5.91. The van der Waals surface area contributed by atoms with Gasteiger partial charge in [0, 0.05) is 4.90 Å². The number of thioether (sulfide) groups is 1. The zero-order valence-corrected chi connectivity index (χ0v) is 9.61. The maximum atomic E-state index is 12.2. The Morgan fingerprint density at radius 3 is 2.25 bits per heavy atom. The number of halogens is 3. The largest absolute Gasteiger partial charge is 0.418 e. The lowest BCUT2D eigenvalue weighted by atomic mass is 10.1. The lowest BCUT2D eigenvalue weighted by Crippen LogP contribution is -2.19. The summed E-state index contributed by atoms with van der Waals surface area (Å²) in [4.78, 5) is 0.917. The van der Waals surface area contributed by atoms with Gasteiger partial charge in [0.25, 0.3) is 0 Å². The highest BCUT2D eigenvalue weighted by atomic mass is 32.2. The van der Waals surface area contributed by atoms with E-state index in [2.05, 4.69) is 0 Å². The van der Waals surface area contributed by atoms with Crippen molar-refractivity contribution < 1.29 is 18.3 Å². The maximum absolute atomic E-state index is 12.2. The van der Waals surface area contributed by atoms with E-state index >= 15 is 0 Å². The second-order valence-corrected chi connectivity index (χ2v) is 4.53. The van der Waals surface area contributed by atoms with Crippen LogP contribution in [0.2, 0.25) is 0 Å². The minimum Gasteiger partial charge on any atom is -0.379 e. The highest BCUT2D eigenvalue weighted by Crippen LogP contribution is 2.33. The first-order chi connectivity index (χ1) is 7.45. The van der Waals surface area contributed by atoms with Crippen LogP contribution in [0.15, 0.2) is 29.2 Å². The van der Waals surface area contributed by atoms with Crippen LogP contribution in [-0.2, 0) is 0 Å². The number of benzene rings is 1. The smallest absolute Gasteiger partial charge is 0.379 e. The number of hydrogen-bond acceptors (Lipinski definition) is 2. The monoisotopic (exact) mass is 250 g/mol. The van der Waals surface area contributed by atoms with Crippen LogP contribution in [0, 0.1) is 0 Å². The van der Waals surface area contributed by atoms with Gasteiger partial charge >= 0.3 is 6.18 Å². The minimum atomic E-state index is -4.60. The van der Waals surface area contributed by atoms with Crippen molar-refractivity contribution in [1.29, 1.82) is 0 Å². The van der Waals surface area contributed by atoms with Crippen LogP contribution in [0.4, 0.5) is 13.2 Å². The molecule has 16 heavy (non-hydrogen) atoms. The summed E-state index contributed by atoms with van der Waals surface area (Å²) in [7, 11) is 0. The summed E-state index contributed by atoms with van der Waals surface area (Å²) in [5.41, 5.74) is -0.117. The average molecular weight is 250 g/mol. The second kappa shape index (κ2) is 5.59. The van der Waals surface area contributed by atoms with E-state index < -0.39 is 12.3 Å². The van der Waals surface area contributed by atoms with Gasteiger partial charge in [-0.3, -0.25) is 0 Å². The molecule has 0 fully saturated rings. The highest BCUT2D eigenvalue weighted by molar-refractivity contribution is 7.99. The van der Waals surface area contributed by atoms with Crippen LogP contribution in [-0.4, -0.2) is 17.0 Å². The first-order valence-electron chi connectivity index (χ1n) is 4.92. The van der Waals surface area contributed by atoms with Gasteiger partial charge in [0.05, 0.1) is 0 Å². The van der Waals surface area contributed by atoms with Crippen molar-refractivity contribution in [3.8, 4) is 0 Å². The number of hydrogen-bond donors (Lipinski definition) is 1. The highest BCUT2D eigenvalue weighted by Gasteiger charge is 2.39. The van der Waals surface area contributed by atoms with Crippen LogP contribution in [0.3, 0.4) is 0 Å². The molecule has 0 amide bonds. The standard InChI is InChI=1S/C11H13F3OS/c1-2-7-16-9-5-3-8(4-6-9)10(15)11(12,13)14/h3-6,10,15H,2,7H2,1H3. The van der Waals surface area contributed by atoms with Gasteiger partial charge in [0.15, 0.2) is 6.10 Å². The fourth-order valence-electron chi connectivity index (χ4n) is 1.16. The molecule has 5 heteroatoms. The molecule has 1 aromatic rings. The van der Waals surface area contributed by atoms with Crippen molar-refractivity contribution in [2.24, 2.45) is 0 Å². The molecule has 1 unspecified atom stereocenters. The Balaban J connectivity index is 2.71. The van der Waals surface area contributed by atoms with Gasteiger partial charge in [-0.15, -0.1) is 11.8 Å². The van der Waals surface area contributed by atoms with Crippen molar-refractivity contribution in [3.05, 3.63) is 29.8 Å². The third-order valence-electron chi connectivity index (χ3n) is 1.98. The molecule has 0 spiro atoms. The Labute approximate surface area is 96.7 Å². The van der Waals surface area contributed by atoms with E-state index in [0.29, 0.717) is 0 Å². The van der Waals surface area contributed by atoms with Gasteiger partial charge in [-0.25, -0.2) is 0 Å². The molecule has 0 aliphatic rings. The van der Waals surface area contributed by atoms with E-state index in [0.717, 1.165) is 17.1 Å². The van der Waals surface area contributed by atoms with Gasteiger partial charge in [-0.05, 0) is 29.9 Å². The summed E-state index contributed by atoms with van der Waals surface area (Å²) in [6.45, 7) is 2.04. The van der Waals surface area contributed by atoms with Crippen molar-refractivity contribution >= 4 is 11.8 Å². The molecule has 1 atom stereocenters. The molecule has 0 aromatic heterocycles. The number of rotatable bonds is 4. The van der Waals surface area contributed by atoms with E-state index in [1.165, 1.54) is 12.1 Å². The van der Waals surface area contributed by atoms with Crippen LogP contribution in [0.1, 0.15) is 25.0 Å². The molecule has 0 heterocycles. The number of aliphatic hydroxyl groups excluding tert-OH is 1. The van der Waals surface area contributed by atoms with Crippen molar-refractivity contribution in [2.45, 2.75) is 30.5 Å². The Hall–Kier alpha value is -0.680. The SMILES string of the molecule is CCCSc1ccc(C(O)C(F)(F)F)cc1. The summed E-state index contributed by atoms with van der Waals surface area (Å²) in [6, 6.07) is 5.83. The predicted molar refractivity (Wildman–Crippen MR) is 58.5 cm³/mol. The van der Waals surface area contributed by atoms with Crippen molar-refractivity contribution in [3.63, 3.8) is 0 Å². The third-order valence-corrected chi connectivity index (χ3v) is 3.20. The van der Waals surface area contributed by atoms with Gasteiger partial charge in [-0.1, -0.05) is 19.1 Å². The molecule has 0 aliphatic heterocycles. The number of aliphatic hydroxyl groups is 1. The Morgan fingerprint density at radius 2 is 1.81 bits per heavy atom. The van der Waals surface area contributed by atoms with Crippen molar-refractivity contribution in [2.75, 3.05) is 5.75 Å². The van der Waals surface area contributed by atoms with Gasteiger partial charge < -0.3 is 5.11 Å². The van der Waals surface area contributed by atoms with Crippen LogP contribution in [0.25, 0.3) is 0 Å².